The van der Waals surface area contributed by atoms with Gasteiger partial charge < -0.3 is 15.5 Å². The number of hydrogen-bond acceptors (Lipinski definition) is 3. The van der Waals surface area contributed by atoms with Gasteiger partial charge in [-0.1, -0.05) is 12.1 Å². The van der Waals surface area contributed by atoms with Crippen LogP contribution in [0.25, 0.3) is 0 Å². The van der Waals surface area contributed by atoms with Crippen LogP contribution in [0.3, 0.4) is 0 Å². The number of anilines is 1. The van der Waals surface area contributed by atoms with Crippen LogP contribution in [0.4, 0.5) is 18.9 Å². The first-order valence-corrected chi connectivity index (χ1v) is 9.99. The smallest absolute Gasteiger partial charge is 0.352 e. The molecule has 1 amide bonds. The van der Waals surface area contributed by atoms with Crippen LogP contribution < -0.4 is 15.5 Å². The predicted molar refractivity (Wildman–Crippen MR) is 107 cm³/mol. The summed E-state index contributed by atoms with van der Waals surface area (Å²) >= 11 is 0. The monoisotopic (exact) mass is 411 g/mol. The number of piperidine rings is 1. The number of alkyl halides is 3. The lowest BCUT2D eigenvalue weighted by molar-refractivity contribution is -0.143. The van der Waals surface area contributed by atoms with Gasteiger partial charge in [0.05, 0.1) is 6.54 Å². The molecule has 2 saturated heterocycles. The summed E-state index contributed by atoms with van der Waals surface area (Å²) in [6.45, 7) is 1.19. The minimum absolute atomic E-state index is 0.0592. The van der Waals surface area contributed by atoms with Crippen LogP contribution in [-0.4, -0.2) is 62.2 Å². The van der Waals surface area contributed by atoms with Crippen molar-refractivity contribution in [1.29, 1.82) is 0 Å². The molecule has 2 heterocycles. The van der Waals surface area contributed by atoms with Crippen LogP contribution in [0, 0.1) is 0 Å². The zero-order chi connectivity index (χ0) is 20.9. The molecular weight excluding hydrogens is 383 g/mol. The van der Waals surface area contributed by atoms with Crippen LogP contribution in [0.5, 0.6) is 0 Å². The summed E-state index contributed by atoms with van der Waals surface area (Å²) in [5.74, 6) is 0.738. The maximum absolute atomic E-state index is 12.5. The Labute approximate surface area is 169 Å². The first kappa shape index (κ1) is 21.4. The van der Waals surface area contributed by atoms with Crippen LogP contribution in [-0.2, 0) is 11.3 Å². The molecule has 2 aliphatic heterocycles. The predicted octanol–water partition coefficient (Wildman–Crippen LogP) is 2.51. The molecule has 1 atom stereocenters. The van der Waals surface area contributed by atoms with Gasteiger partial charge in [-0.15, -0.1) is 0 Å². The van der Waals surface area contributed by atoms with Crippen molar-refractivity contribution in [3.05, 3.63) is 29.8 Å². The van der Waals surface area contributed by atoms with Gasteiger partial charge in [0.25, 0.3) is 0 Å². The Morgan fingerprint density at radius 1 is 1.21 bits per heavy atom. The number of nitrogens with zero attached hydrogens (tertiary/aromatic N) is 3. The molecule has 0 radical (unpaired) electrons. The Hall–Kier alpha value is -2.29. The fraction of sp³-hybridized carbons (Fsp3) is 0.600. The summed E-state index contributed by atoms with van der Waals surface area (Å²) in [6.07, 6.45) is -0.932. The van der Waals surface area contributed by atoms with Gasteiger partial charge in [0.2, 0.25) is 5.91 Å². The van der Waals surface area contributed by atoms with Gasteiger partial charge in [0.1, 0.15) is 0 Å². The van der Waals surface area contributed by atoms with Crippen molar-refractivity contribution >= 4 is 17.6 Å². The highest BCUT2D eigenvalue weighted by molar-refractivity contribution is 5.93. The third kappa shape index (κ3) is 6.35. The summed E-state index contributed by atoms with van der Waals surface area (Å²) in [4.78, 5) is 19.4. The van der Waals surface area contributed by atoms with Gasteiger partial charge in [-0.05, 0) is 37.0 Å². The van der Waals surface area contributed by atoms with E-state index in [9.17, 15) is 18.0 Å². The summed E-state index contributed by atoms with van der Waals surface area (Å²) < 4.78 is 37.6. The van der Waals surface area contributed by atoms with Crippen molar-refractivity contribution in [3.8, 4) is 0 Å². The number of aliphatic imine (C=N–C) groups is 1. The van der Waals surface area contributed by atoms with Crippen molar-refractivity contribution in [3.63, 3.8) is 0 Å². The highest BCUT2D eigenvalue weighted by Crippen LogP contribution is 2.22. The molecule has 29 heavy (non-hydrogen) atoms. The quantitative estimate of drug-likeness (QED) is 0.578. The zero-order valence-corrected chi connectivity index (χ0v) is 16.6. The van der Waals surface area contributed by atoms with Crippen LogP contribution in [0.15, 0.2) is 29.3 Å². The summed E-state index contributed by atoms with van der Waals surface area (Å²) in [5, 5.41) is 6.40. The van der Waals surface area contributed by atoms with E-state index in [-0.39, 0.29) is 11.9 Å². The van der Waals surface area contributed by atoms with E-state index in [1.807, 2.05) is 29.2 Å². The van der Waals surface area contributed by atoms with Crippen LogP contribution in [0.1, 0.15) is 31.2 Å². The molecule has 2 N–H and O–H groups in total. The zero-order valence-electron chi connectivity index (χ0n) is 16.6. The summed E-state index contributed by atoms with van der Waals surface area (Å²) in [7, 11) is 1.64. The van der Waals surface area contributed by atoms with E-state index < -0.39 is 12.7 Å². The topological polar surface area (TPSA) is 60.0 Å². The second kappa shape index (κ2) is 9.47. The number of likely N-dealkylation sites (tertiary alicyclic amines) is 1. The Morgan fingerprint density at radius 2 is 1.97 bits per heavy atom. The lowest BCUT2D eigenvalue weighted by Gasteiger charge is -2.27. The molecule has 1 unspecified atom stereocenters. The number of halogens is 3. The molecule has 1 aromatic carbocycles. The maximum Gasteiger partial charge on any atom is 0.401 e. The second-order valence-corrected chi connectivity index (χ2v) is 7.57. The van der Waals surface area contributed by atoms with Gasteiger partial charge >= 0.3 is 6.18 Å². The van der Waals surface area contributed by atoms with Crippen molar-refractivity contribution in [1.82, 2.24) is 15.5 Å². The molecule has 0 bridgehead atoms. The van der Waals surface area contributed by atoms with E-state index in [1.54, 1.807) is 7.05 Å². The Morgan fingerprint density at radius 3 is 2.62 bits per heavy atom. The highest BCUT2D eigenvalue weighted by atomic mass is 19.4. The van der Waals surface area contributed by atoms with E-state index in [0.29, 0.717) is 38.4 Å². The minimum atomic E-state index is -4.17. The summed E-state index contributed by atoms with van der Waals surface area (Å²) in [5.41, 5.74) is 1.95. The SMILES string of the molecule is CN=C(NCc1ccc(N2CCCCC2=O)cc1)NC1CCN(CC(F)(F)F)C1. The first-order chi connectivity index (χ1) is 13.8. The first-order valence-electron chi connectivity index (χ1n) is 9.99. The fourth-order valence-electron chi connectivity index (χ4n) is 3.79. The summed E-state index contributed by atoms with van der Waals surface area (Å²) in [6, 6.07) is 7.78. The normalized spacial score (nSPS) is 21.5. The number of rotatable bonds is 5. The number of nitrogens with one attached hydrogen (secondary N) is 2. The molecule has 0 spiro atoms. The Kier molecular flexibility index (Phi) is 7.00. The van der Waals surface area contributed by atoms with Gasteiger partial charge in [-0.3, -0.25) is 14.7 Å². The van der Waals surface area contributed by atoms with Crippen LogP contribution >= 0.6 is 0 Å². The van der Waals surface area contributed by atoms with Crippen molar-refractivity contribution in [2.45, 2.75) is 44.4 Å². The van der Waals surface area contributed by atoms with Gasteiger partial charge in [-0.25, -0.2) is 0 Å². The average Bonchev–Trinajstić information content (AvgIpc) is 3.11. The highest BCUT2D eigenvalue weighted by Gasteiger charge is 2.34. The Balaban J connectivity index is 1.46. The average molecular weight is 411 g/mol. The molecule has 2 aliphatic rings. The van der Waals surface area contributed by atoms with Gasteiger partial charge in [0, 0.05) is 51.4 Å². The standard InChI is InChI=1S/C20H28F3N5O/c1-24-19(26-16-9-11-27(13-16)14-20(21,22)23)25-12-15-5-7-17(8-6-15)28-10-3-2-4-18(28)29/h5-8,16H,2-4,9-14H2,1H3,(H2,24,25,26). The van der Waals surface area contributed by atoms with Crippen molar-refractivity contribution in [2.75, 3.05) is 38.1 Å². The van der Waals surface area contributed by atoms with E-state index in [4.69, 9.17) is 0 Å². The molecule has 0 aromatic heterocycles. The van der Waals surface area contributed by atoms with Crippen molar-refractivity contribution in [2.24, 2.45) is 4.99 Å². The van der Waals surface area contributed by atoms with E-state index >= 15 is 0 Å². The number of hydrogen-bond donors (Lipinski definition) is 2. The van der Waals surface area contributed by atoms with E-state index in [2.05, 4.69) is 15.6 Å². The second-order valence-electron chi connectivity index (χ2n) is 7.57. The molecule has 0 aliphatic carbocycles. The molecule has 6 nitrogen and oxygen atoms in total. The number of benzene rings is 1. The molecule has 160 valence electrons. The number of carbonyl (C=O) groups excluding carboxylic acids is 1. The fourth-order valence-corrected chi connectivity index (χ4v) is 3.79. The molecule has 2 fully saturated rings. The van der Waals surface area contributed by atoms with Crippen LogP contribution in [0.2, 0.25) is 0 Å². The minimum Gasteiger partial charge on any atom is -0.352 e. The molecule has 1 aromatic rings. The lowest BCUT2D eigenvalue weighted by Crippen LogP contribution is -2.44. The van der Waals surface area contributed by atoms with E-state index in [0.717, 1.165) is 30.6 Å². The third-order valence-corrected chi connectivity index (χ3v) is 5.27. The van der Waals surface area contributed by atoms with Gasteiger partial charge in [-0.2, -0.15) is 13.2 Å². The molecular formula is C20H28F3N5O. The number of carbonyl (C=O) groups is 1. The molecule has 0 saturated carbocycles. The largest absolute Gasteiger partial charge is 0.401 e. The number of guanidine groups is 1. The van der Waals surface area contributed by atoms with E-state index in [1.165, 1.54) is 4.90 Å². The maximum atomic E-state index is 12.5. The lowest BCUT2D eigenvalue weighted by atomic mass is 10.1. The third-order valence-electron chi connectivity index (χ3n) is 5.27. The number of amides is 1. The molecule has 9 heteroatoms. The Bertz CT molecular complexity index is 720. The van der Waals surface area contributed by atoms with Gasteiger partial charge in [0.15, 0.2) is 5.96 Å². The molecule has 3 rings (SSSR count). The van der Waals surface area contributed by atoms with Crippen molar-refractivity contribution < 1.29 is 18.0 Å².